The highest BCUT2D eigenvalue weighted by Gasteiger charge is 2.14. The lowest BCUT2D eigenvalue weighted by molar-refractivity contribution is -0.384. The number of anilines is 1. The molecule has 0 atom stereocenters. The maximum Gasteiger partial charge on any atom is 0.344 e. The van der Waals surface area contributed by atoms with Gasteiger partial charge in [0.1, 0.15) is 5.82 Å². The van der Waals surface area contributed by atoms with Crippen molar-refractivity contribution < 1.29 is 18.5 Å². The normalized spacial score (nSPS) is 10.5. The zero-order chi connectivity index (χ0) is 17.3. The molecule has 0 bridgehead atoms. The van der Waals surface area contributed by atoms with Crippen LogP contribution in [0, 0.1) is 15.9 Å². The molecule has 2 aromatic carbocycles. The number of halogens is 1. The third-order valence-corrected chi connectivity index (χ3v) is 3.26. The smallest absolute Gasteiger partial charge is 0.344 e. The second-order valence-corrected chi connectivity index (χ2v) is 4.89. The van der Waals surface area contributed by atoms with E-state index < -0.39 is 22.3 Å². The third-order valence-electron chi connectivity index (χ3n) is 3.26. The number of nitro groups is 1. The number of fused-ring (bicyclic) bond motifs is 1. The third kappa shape index (κ3) is 2.98. The van der Waals surface area contributed by atoms with E-state index in [1.165, 1.54) is 30.3 Å². The Hall–Kier alpha value is -3.55. The minimum Gasteiger partial charge on any atom is -0.417 e. The van der Waals surface area contributed by atoms with Crippen LogP contribution in [0.1, 0.15) is 10.6 Å². The molecule has 0 aliphatic carbocycles. The maximum atomic E-state index is 13.3. The van der Waals surface area contributed by atoms with Crippen molar-refractivity contribution in [2.75, 3.05) is 5.32 Å². The van der Waals surface area contributed by atoms with Crippen LogP contribution in [0.15, 0.2) is 57.7 Å². The number of nitrogens with one attached hydrogen (secondary N) is 1. The van der Waals surface area contributed by atoms with Crippen LogP contribution < -0.4 is 10.9 Å². The predicted molar refractivity (Wildman–Crippen MR) is 83.5 cm³/mol. The van der Waals surface area contributed by atoms with Crippen LogP contribution in [0.3, 0.4) is 0 Å². The number of carbonyl (C=O) groups is 1. The van der Waals surface area contributed by atoms with Gasteiger partial charge in [0.15, 0.2) is 5.76 Å². The first-order valence-corrected chi connectivity index (χ1v) is 6.73. The van der Waals surface area contributed by atoms with Crippen LogP contribution in [0.25, 0.3) is 10.8 Å². The second-order valence-electron chi connectivity index (χ2n) is 4.89. The van der Waals surface area contributed by atoms with Crippen molar-refractivity contribution in [2.24, 2.45) is 0 Å². The molecule has 1 heterocycles. The molecule has 0 unspecified atom stereocenters. The van der Waals surface area contributed by atoms with E-state index in [-0.39, 0.29) is 27.9 Å². The summed E-state index contributed by atoms with van der Waals surface area (Å²) in [6.45, 7) is 0. The molecule has 0 saturated carbocycles. The molecule has 1 amide bonds. The summed E-state index contributed by atoms with van der Waals surface area (Å²) in [6.07, 6.45) is 0. The first-order valence-electron chi connectivity index (χ1n) is 6.73. The summed E-state index contributed by atoms with van der Waals surface area (Å²) in [4.78, 5) is 34.1. The Morgan fingerprint density at radius 3 is 2.71 bits per heavy atom. The zero-order valence-electron chi connectivity index (χ0n) is 12.0. The van der Waals surface area contributed by atoms with Gasteiger partial charge in [-0.3, -0.25) is 14.9 Å². The molecule has 0 aliphatic heterocycles. The van der Waals surface area contributed by atoms with Crippen LogP contribution in [0.5, 0.6) is 0 Å². The van der Waals surface area contributed by atoms with Crippen LogP contribution in [0.2, 0.25) is 0 Å². The highest BCUT2D eigenvalue weighted by atomic mass is 19.1. The van der Waals surface area contributed by atoms with Crippen molar-refractivity contribution in [3.05, 3.63) is 80.6 Å². The second kappa shape index (κ2) is 5.92. The van der Waals surface area contributed by atoms with Crippen LogP contribution in [0.4, 0.5) is 15.8 Å². The number of hydrogen-bond donors (Lipinski definition) is 1. The number of amides is 1. The number of nitrogens with zero attached hydrogens (tertiary/aromatic N) is 1. The molecule has 0 spiro atoms. The topological polar surface area (TPSA) is 102 Å². The number of carbonyl (C=O) groups excluding carboxylic acids is 1. The minimum atomic E-state index is -0.781. The standard InChI is InChI=1S/C16H9FN2O5/c17-10-4-5-13-9(6-10)7-14(24-16(13)21)15(20)18-11-2-1-3-12(8-11)19(22)23/h1-8H,(H,18,20). The van der Waals surface area contributed by atoms with E-state index in [1.807, 2.05) is 0 Å². The van der Waals surface area contributed by atoms with Gasteiger partial charge in [0, 0.05) is 17.8 Å². The van der Waals surface area contributed by atoms with Crippen molar-refractivity contribution in [3.8, 4) is 0 Å². The van der Waals surface area contributed by atoms with Gasteiger partial charge in [0.05, 0.1) is 10.3 Å². The fourth-order valence-electron chi connectivity index (χ4n) is 2.17. The maximum absolute atomic E-state index is 13.3. The lowest BCUT2D eigenvalue weighted by atomic mass is 10.1. The Morgan fingerprint density at radius 2 is 1.96 bits per heavy atom. The number of benzene rings is 2. The summed E-state index contributed by atoms with van der Waals surface area (Å²) < 4.78 is 18.2. The van der Waals surface area contributed by atoms with Crippen molar-refractivity contribution in [3.63, 3.8) is 0 Å². The van der Waals surface area contributed by atoms with Gasteiger partial charge in [-0.2, -0.15) is 0 Å². The quantitative estimate of drug-likeness (QED) is 0.588. The first kappa shape index (κ1) is 15.3. The first-order chi connectivity index (χ1) is 11.4. The minimum absolute atomic E-state index is 0.142. The Balaban J connectivity index is 1.95. The highest BCUT2D eigenvalue weighted by Crippen LogP contribution is 2.19. The van der Waals surface area contributed by atoms with Gasteiger partial charge >= 0.3 is 5.63 Å². The average Bonchev–Trinajstić information content (AvgIpc) is 2.54. The molecule has 0 radical (unpaired) electrons. The fourth-order valence-corrected chi connectivity index (χ4v) is 2.17. The van der Waals surface area contributed by atoms with Gasteiger partial charge in [0.25, 0.3) is 11.6 Å². The Bertz CT molecular complexity index is 1030. The summed E-state index contributed by atoms with van der Waals surface area (Å²) in [5, 5.41) is 13.5. The Morgan fingerprint density at radius 1 is 1.17 bits per heavy atom. The molecule has 8 heteroatoms. The Labute approximate surface area is 133 Å². The summed E-state index contributed by atoms with van der Waals surface area (Å²) in [5.41, 5.74) is -0.817. The molecule has 120 valence electrons. The molecule has 0 fully saturated rings. The van der Waals surface area contributed by atoms with Gasteiger partial charge in [0.2, 0.25) is 0 Å². The molecule has 24 heavy (non-hydrogen) atoms. The molecule has 1 N–H and O–H groups in total. The predicted octanol–water partition coefficient (Wildman–Crippen LogP) is 3.09. The molecular weight excluding hydrogens is 319 g/mol. The van der Waals surface area contributed by atoms with E-state index in [1.54, 1.807) is 0 Å². The monoisotopic (exact) mass is 328 g/mol. The number of hydrogen-bond acceptors (Lipinski definition) is 5. The lowest BCUT2D eigenvalue weighted by Gasteiger charge is -2.05. The van der Waals surface area contributed by atoms with Gasteiger partial charge in [-0.05, 0) is 35.7 Å². The van der Waals surface area contributed by atoms with Gasteiger partial charge < -0.3 is 9.73 Å². The van der Waals surface area contributed by atoms with Gasteiger partial charge in [-0.15, -0.1) is 0 Å². The van der Waals surface area contributed by atoms with E-state index in [4.69, 9.17) is 4.42 Å². The summed E-state index contributed by atoms with van der Waals surface area (Å²) in [7, 11) is 0. The fraction of sp³-hybridized carbons (Fsp3) is 0. The SMILES string of the molecule is O=C(Nc1cccc([N+](=O)[O-])c1)c1cc2cc(F)ccc2c(=O)o1. The summed E-state index contributed by atoms with van der Waals surface area (Å²) in [6, 6.07) is 10.00. The number of non-ortho nitro benzene ring substituents is 1. The Kier molecular flexibility index (Phi) is 3.78. The molecule has 0 saturated heterocycles. The van der Waals surface area contributed by atoms with Crippen LogP contribution in [-0.2, 0) is 0 Å². The molecule has 1 aromatic heterocycles. The lowest BCUT2D eigenvalue weighted by Crippen LogP contribution is -2.15. The van der Waals surface area contributed by atoms with Gasteiger partial charge in [-0.1, -0.05) is 6.07 Å². The van der Waals surface area contributed by atoms with Crippen LogP contribution in [-0.4, -0.2) is 10.8 Å². The van der Waals surface area contributed by atoms with Crippen molar-refractivity contribution >= 4 is 28.1 Å². The summed E-state index contributed by atoms with van der Waals surface area (Å²) >= 11 is 0. The van der Waals surface area contributed by atoms with Crippen molar-refractivity contribution in [2.45, 2.75) is 0 Å². The van der Waals surface area contributed by atoms with E-state index in [9.17, 15) is 24.1 Å². The van der Waals surface area contributed by atoms with E-state index in [0.717, 1.165) is 18.2 Å². The molecule has 3 rings (SSSR count). The molecule has 0 aliphatic rings. The van der Waals surface area contributed by atoms with E-state index in [2.05, 4.69) is 5.32 Å². The van der Waals surface area contributed by atoms with Crippen molar-refractivity contribution in [1.29, 1.82) is 0 Å². The van der Waals surface area contributed by atoms with Crippen LogP contribution >= 0.6 is 0 Å². The molecular formula is C16H9FN2O5. The molecule has 7 nitrogen and oxygen atoms in total. The summed E-state index contributed by atoms with van der Waals surface area (Å²) in [5.74, 6) is -1.67. The number of rotatable bonds is 3. The highest BCUT2D eigenvalue weighted by molar-refractivity contribution is 6.04. The number of nitro benzene ring substituents is 1. The van der Waals surface area contributed by atoms with Crippen molar-refractivity contribution in [1.82, 2.24) is 0 Å². The van der Waals surface area contributed by atoms with Gasteiger partial charge in [-0.25, -0.2) is 9.18 Å². The molecule has 3 aromatic rings. The zero-order valence-corrected chi connectivity index (χ0v) is 12.0. The largest absolute Gasteiger partial charge is 0.417 e. The van der Waals surface area contributed by atoms with E-state index in [0.29, 0.717) is 0 Å². The van der Waals surface area contributed by atoms with E-state index >= 15 is 0 Å². The average molecular weight is 328 g/mol.